The van der Waals surface area contributed by atoms with E-state index < -0.39 is 5.60 Å². The topological polar surface area (TPSA) is 108 Å². The van der Waals surface area contributed by atoms with Crippen molar-refractivity contribution in [1.82, 2.24) is 20.0 Å². The third-order valence-corrected chi connectivity index (χ3v) is 3.92. The maximum absolute atomic E-state index is 12.3. The third-order valence-electron chi connectivity index (χ3n) is 3.92. The molecular formula is C17H21N5O3. The first-order valence-corrected chi connectivity index (χ1v) is 8.26. The Kier molecular flexibility index (Phi) is 4.49. The van der Waals surface area contributed by atoms with Crippen molar-refractivity contribution in [2.75, 3.05) is 13.1 Å². The first-order valence-electron chi connectivity index (χ1n) is 8.26. The van der Waals surface area contributed by atoms with Crippen LogP contribution >= 0.6 is 0 Å². The second kappa shape index (κ2) is 6.59. The summed E-state index contributed by atoms with van der Waals surface area (Å²) >= 11 is 0. The average molecular weight is 343 g/mol. The molecule has 1 fully saturated rings. The van der Waals surface area contributed by atoms with Crippen LogP contribution in [0.25, 0.3) is 11.6 Å². The molecule has 0 saturated carbocycles. The first-order chi connectivity index (χ1) is 11.9. The molecule has 0 bridgehead atoms. The largest absolute Gasteiger partial charge is 0.444 e. The molecule has 1 aliphatic rings. The summed E-state index contributed by atoms with van der Waals surface area (Å²) in [6, 6.07) is 3.70. The molecule has 3 heterocycles. The van der Waals surface area contributed by atoms with Gasteiger partial charge in [0.2, 0.25) is 0 Å². The molecule has 1 amide bonds. The van der Waals surface area contributed by atoms with Crippen LogP contribution in [0.5, 0.6) is 0 Å². The zero-order valence-electron chi connectivity index (χ0n) is 14.6. The lowest BCUT2D eigenvalue weighted by Gasteiger charge is -2.32. The zero-order chi connectivity index (χ0) is 18.0. The highest BCUT2D eigenvalue weighted by atomic mass is 16.6. The number of nitrogens with one attached hydrogen (secondary N) is 1. The van der Waals surface area contributed by atoms with Gasteiger partial charge in [0.05, 0.1) is 5.56 Å². The number of aromatic amines is 1. The Bertz CT molecular complexity index is 796. The van der Waals surface area contributed by atoms with Crippen molar-refractivity contribution in [2.24, 2.45) is 0 Å². The van der Waals surface area contributed by atoms with E-state index in [1.54, 1.807) is 17.2 Å². The summed E-state index contributed by atoms with van der Waals surface area (Å²) in [7, 11) is 0. The number of ether oxygens (including phenoxy) is 1. The number of nitrogens with zero attached hydrogens (tertiary/aromatic N) is 4. The Balaban J connectivity index is 1.70. The second-order valence-corrected chi connectivity index (χ2v) is 7.14. The van der Waals surface area contributed by atoms with Crippen LogP contribution in [0.3, 0.4) is 0 Å². The molecule has 3 rings (SSSR count). The van der Waals surface area contributed by atoms with Crippen molar-refractivity contribution in [2.45, 2.75) is 45.1 Å². The van der Waals surface area contributed by atoms with Gasteiger partial charge in [0.1, 0.15) is 17.4 Å². The van der Waals surface area contributed by atoms with E-state index >= 15 is 0 Å². The van der Waals surface area contributed by atoms with Gasteiger partial charge >= 0.3 is 6.09 Å². The molecule has 1 atom stereocenters. The van der Waals surface area contributed by atoms with E-state index in [9.17, 15) is 4.79 Å². The van der Waals surface area contributed by atoms with Gasteiger partial charge in [-0.25, -0.2) is 4.79 Å². The van der Waals surface area contributed by atoms with E-state index in [0.29, 0.717) is 36.1 Å². The number of carbonyl (C=O) groups is 1. The number of rotatable bonds is 2. The van der Waals surface area contributed by atoms with Gasteiger partial charge in [0.15, 0.2) is 5.82 Å². The van der Waals surface area contributed by atoms with E-state index in [2.05, 4.69) is 15.1 Å². The van der Waals surface area contributed by atoms with Gasteiger partial charge in [-0.15, -0.1) is 0 Å². The summed E-state index contributed by atoms with van der Waals surface area (Å²) in [5, 5.41) is 12.9. The van der Waals surface area contributed by atoms with Crippen molar-refractivity contribution in [1.29, 1.82) is 5.26 Å². The van der Waals surface area contributed by atoms with Crippen LogP contribution < -0.4 is 0 Å². The molecule has 0 aromatic carbocycles. The van der Waals surface area contributed by atoms with Crippen LogP contribution in [0.2, 0.25) is 0 Å². The predicted molar refractivity (Wildman–Crippen MR) is 88.6 cm³/mol. The van der Waals surface area contributed by atoms with E-state index in [-0.39, 0.29) is 12.0 Å². The number of H-pyrrole nitrogens is 1. The average Bonchev–Trinajstić information content (AvgIpc) is 3.22. The minimum atomic E-state index is -0.518. The number of likely N-dealkylation sites (tertiary alicyclic amines) is 1. The lowest BCUT2D eigenvalue weighted by atomic mass is 9.98. The van der Waals surface area contributed by atoms with E-state index in [4.69, 9.17) is 14.5 Å². The molecule has 8 heteroatoms. The maximum atomic E-state index is 12.3. The first kappa shape index (κ1) is 17.0. The molecule has 1 saturated heterocycles. The Morgan fingerprint density at radius 1 is 1.52 bits per heavy atom. The molecule has 25 heavy (non-hydrogen) atoms. The highest BCUT2D eigenvalue weighted by molar-refractivity contribution is 5.68. The molecular weight excluding hydrogens is 322 g/mol. The van der Waals surface area contributed by atoms with Gasteiger partial charge < -0.3 is 19.1 Å². The van der Waals surface area contributed by atoms with Gasteiger partial charge in [-0.2, -0.15) is 10.2 Å². The summed E-state index contributed by atoms with van der Waals surface area (Å²) < 4.78 is 10.7. The summed E-state index contributed by atoms with van der Waals surface area (Å²) in [6.45, 7) is 6.72. The Morgan fingerprint density at radius 2 is 2.32 bits per heavy atom. The monoisotopic (exact) mass is 343 g/mol. The standard InChI is InChI=1S/C17H21N5O3/c1-17(2,3)24-16(23)22-6-4-5-12(10-22)14-20-15(25-21-14)13-7-11(8-18)9-19-13/h7,9,12,19H,4-6,10H2,1-3H3. The maximum Gasteiger partial charge on any atom is 0.410 e. The molecule has 8 nitrogen and oxygen atoms in total. The van der Waals surface area contributed by atoms with Gasteiger partial charge in [-0.1, -0.05) is 5.16 Å². The fraction of sp³-hybridized carbons (Fsp3) is 0.529. The second-order valence-electron chi connectivity index (χ2n) is 7.14. The van der Waals surface area contributed by atoms with Gasteiger partial charge in [-0.05, 0) is 39.7 Å². The molecule has 0 radical (unpaired) electrons. The van der Waals surface area contributed by atoms with Gasteiger partial charge in [-0.3, -0.25) is 0 Å². The van der Waals surface area contributed by atoms with E-state index in [1.165, 1.54) is 0 Å². The highest BCUT2D eigenvalue weighted by Gasteiger charge is 2.30. The smallest absolute Gasteiger partial charge is 0.410 e. The van der Waals surface area contributed by atoms with Crippen molar-refractivity contribution in [3.8, 4) is 17.7 Å². The lowest BCUT2D eigenvalue weighted by molar-refractivity contribution is 0.0195. The lowest BCUT2D eigenvalue weighted by Crippen LogP contribution is -2.42. The number of piperidine rings is 1. The fourth-order valence-electron chi connectivity index (χ4n) is 2.77. The Hall–Kier alpha value is -2.82. The SMILES string of the molecule is CC(C)(C)OC(=O)N1CCCC(c2noc(-c3cc(C#N)c[nH]3)n2)C1. The van der Waals surface area contributed by atoms with Crippen molar-refractivity contribution >= 4 is 6.09 Å². The quantitative estimate of drug-likeness (QED) is 0.898. The summed E-state index contributed by atoms with van der Waals surface area (Å²) in [4.78, 5) is 21.3. The van der Waals surface area contributed by atoms with Crippen LogP contribution in [0.15, 0.2) is 16.8 Å². The Morgan fingerprint density at radius 3 is 3.00 bits per heavy atom. The molecule has 132 valence electrons. The normalized spacial score (nSPS) is 18.0. The molecule has 2 aromatic heterocycles. The number of amides is 1. The number of carbonyl (C=O) groups excluding carboxylic acids is 1. The molecule has 2 aromatic rings. The fourth-order valence-corrected chi connectivity index (χ4v) is 2.77. The van der Waals surface area contributed by atoms with E-state index in [0.717, 1.165) is 12.8 Å². The third kappa shape index (κ3) is 3.99. The number of nitriles is 1. The van der Waals surface area contributed by atoms with Gasteiger partial charge in [0.25, 0.3) is 5.89 Å². The summed E-state index contributed by atoms with van der Waals surface area (Å²) in [5.41, 5.74) is 0.591. The number of aromatic nitrogens is 3. The zero-order valence-corrected chi connectivity index (χ0v) is 14.6. The van der Waals surface area contributed by atoms with Crippen molar-refractivity contribution in [3.05, 3.63) is 23.7 Å². The molecule has 0 spiro atoms. The van der Waals surface area contributed by atoms with Crippen LogP contribution in [0.4, 0.5) is 4.79 Å². The van der Waals surface area contributed by atoms with Crippen LogP contribution in [-0.4, -0.2) is 44.8 Å². The molecule has 1 unspecified atom stereocenters. The Labute approximate surface area is 145 Å². The summed E-state index contributed by atoms with van der Waals surface area (Å²) in [5.74, 6) is 0.909. The number of hydrogen-bond acceptors (Lipinski definition) is 6. The minimum Gasteiger partial charge on any atom is -0.444 e. The summed E-state index contributed by atoms with van der Waals surface area (Å²) in [6.07, 6.45) is 3.01. The van der Waals surface area contributed by atoms with Crippen molar-refractivity contribution in [3.63, 3.8) is 0 Å². The predicted octanol–water partition coefficient (Wildman–Crippen LogP) is 3.05. The van der Waals surface area contributed by atoms with Crippen LogP contribution in [-0.2, 0) is 4.74 Å². The minimum absolute atomic E-state index is 0.00386. The highest BCUT2D eigenvalue weighted by Crippen LogP contribution is 2.28. The van der Waals surface area contributed by atoms with Crippen LogP contribution in [0, 0.1) is 11.3 Å². The molecule has 0 aliphatic carbocycles. The van der Waals surface area contributed by atoms with Crippen LogP contribution in [0.1, 0.15) is 50.9 Å². The molecule has 1 aliphatic heterocycles. The van der Waals surface area contributed by atoms with Gasteiger partial charge in [0, 0.05) is 25.2 Å². The molecule has 1 N–H and O–H groups in total. The number of hydrogen-bond donors (Lipinski definition) is 1. The van der Waals surface area contributed by atoms with Crippen molar-refractivity contribution < 1.29 is 14.1 Å². The van der Waals surface area contributed by atoms with E-state index in [1.807, 2.05) is 26.8 Å².